The van der Waals surface area contributed by atoms with E-state index in [-0.39, 0.29) is 6.61 Å². The Bertz CT molecular complexity index is 179. The van der Waals surface area contributed by atoms with E-state index in [1.165, 1.54) is 11.8 Å². The highest BCUT2D eigenvalue weighted by Gasteiger charge is 2.15. The standard InChI is InChI=1S/C9H19NO4S/c1-2-10-8(9(13)14)3-4-15-6-7(12)5-11/h7-8,10-12H,2-6H2,1H3,(H,13,14). The van der Waals surface area contributed by atoms with Crippen LogP contribution in [0.4, 0.5) is 0 Å². The zero-order chi connectivity index (χ0) is 11.7. The second kappa shape index (κ2) is 8.96. The molecule has 0 fully saturated rings. The van der Waals surface area contributed by atoms with E-state index in [4.69, 9.17) is 15.3 Å². The van der Waals surface area contributed by atoms with Gasteiger partial charge in [0.15, 0.2) is 0 Å². The molecule has 0 saturated carbocycles. The smallest absolute Gasteiger partial charge is 0.320 e. The van der Waals surface area contributed by atoms with Gasteiger partial charge >= 0.3 is 5.97 Å². The number of aliphatic carboxylic acids is 1. The molecule has 0 spiro atoms. The quantitative estimate of drug-likeness (QED) is 0.405. The Hall–Kier alpha value is -0.300. The third-order valence-electron chi connectivity index (χ3n) is 1.82. The summed E-state index contributed by atoms with van der Waals surface area (Å²) in [5.74, 6) is 0.246. The van der Waals surface area contributed by atoms with Crippen molar-refractivity contribution in [2.45, 2.75) is 25.5 Å². The van der Waals surface area contributed by atoms with Crippen molar-refractivity contribution >= 4 is 17.7 Å². The first-order chi connectivity index (χ1) is 7.11. The van der Waals surface area contributed by atoms with Crippen LogP contribution in [0.15, 0.2) is 0 Å². The molecule has 0 aliphatic rings. The second-order valence-corrected chi connectivity index (χ2v) is 4.30. The maximum absolute atomic E-state index is 10.7. The SMILES string of the molecule is CCNC(CCSCC(O)CO)C(=O)O. The largest absolute Gasteiger partial charge is 0.480 e. The van der Waals surface area contributed by atoms with E-state index >= 15 is 0 Å². The van der Waals surface area contributed by atoms with Gasteiger partial charge in [-0.05, 0) is 18.7 Å². The summed E-state index contributed by atoms with van der Waals surface area (Å²) >= 11 is 1.44. The van der Waals surface area contributed by atoms with Crippen LogP contribution in [-0.4, -0.2) is 58.1 Å². The molecule has 2 atom stereocenters. The number of hydrogen-bond acceptors (Lipinski definition) is 5. The zero-order valence-corrected chi connectivity index (χ0v) is 9.66. The van der Waals surface area contributed by atoms with Crippen molar-refractivity contribution in [3.8, 4) is 0 Å². The lowest BCUT2D eigenvalue weighted by Crippen LogP contribution is -2.37. The molecular weight excluding hydrogens is 218 g/mol. The average molecular weight is 237 g/mol. The lowest BCUT2D eigenvalue weighted by atomic mass is 10.2. The molecule has 0 aliphatic carbocycles. The van der Waals surface area contributed by atoms with Gasteiger partial charge in [-0.15, -0.1) is 0 Å². The molecule has 0 rings (SSSR count). The molecule has 6 heteroatoms. The Labute approximate surface area is 93.9 Å². The molecule has 0 bridgehead atoms. The molecule has 4 N–H and O–H groups in total. The minimum Gasteiger partial charge on any atom is -0.480 e. The van der Waals surface area contributed by atoms with E-state index in [2.05, 4.69) is 5.32 Å². The number of hydrogen-bond donors (Lipinski definition) is 4. The highest BCUT2D eigenvalue weighted by molar-refractivity contribution is 7.99. The predicted molar refractivity (Wildman–Crippen MR) is 60.1 cm³/mol. The summed E-state index contributed by atoms with van der Waals surface area (Å²) in [4.78, 5) is 10.7. The molecule has 5 nitrogen and oxygen atoms in total. The average Bonchev–Trinajstić information content (AvgIpc) is 2.21. The monoisotopic (exact) mass is 237 g/mol. The van der Waals surface area contributed by atoms with Crippen molar-refractivity contribution in [2.24, 2.45) is 0 Å². The lowest BCUT2D eigenvalue weighted by molar-refractivity contribution is -0.139. The minimum atomic E-state index is -0.847. The van der Waals surface area contributed by atoms with Crippen molar-refractivity contribution in [1.29, 1.82) is 0 Å². The number of aliphatic hydroxyl groups is 2. The van der Waals surface area contributed by atoms with E-state index in [0.29, 0.717) is 24.5 Å². The van der Waals surface area contributed by atoms with Gasteiger partial charge in [0.25, 0.3) is 0 Å². The zero-order valence-electron chi connectivity index (χ0n) is 8.85. The fourth-order valence-corrected chi connectivity index (χ4v) is 1.98. The fraction of sp³-hybridized carbons (Fsp3) is 0.889. The summed E-state index contributed by atoms with van der Waals surface area (Å²) in [5, 5.41) is 29.2. The van der Waals surface area contributed by atoms with Gasteiger partial charge in [0.05, 0.1) is 12.7 Å². The maximum atomic E-state index is 10.7. The van der Waals surface area contributed by atoms with Crippen LogP contribution >= 0.6 is 11.8 Å². The number of carboxylic acids is 1. The molecule has 0 aliphatic heterocycles. The van der Waals surface area contributed by atoms with Crippen LogP contribution in [0.3, 0.4) is 0 Å². The maximum Gasteiger partial charge on any atom is 0.320 e. The molecule has 0 amide bonds. The highest BCUT2D eigenvalue weighted by Crippen LogP contribution is 2.07. The number of carboxylic acid groups (broad SMARTS) is 1. The molecule has 0 heterocycles. The van der Waals surface area contributed by atoms with E-state index < -0.39 is 18.1 Å². The van der Waals surface area contributed by atoms with E-state index in [1.807, 2.05) is 6.92 Å². The van der Waals surface area contributed by atoms with E-state index in [0.717, 1.165) is 0 Å². The number of aliphatic hydroxyl groups excluding tert-OH is 2. The summed E-state index contributed by atoms with van der Waals surface area (Å²) in [7, 11) is 0. The molecule has 0 aromatic heterocycles. The summed E-state index contributed by atoms with van der Waals surface area (Å²) in [6, 6.07) is -0.520. The summed E-state index contributed by atoms with van der Waals surface area (Å²) in [6.07, 6.45) is -0.191. The van der Waals surface area contributed by atoms with E-state index in [9.17, 15) is 4.79 Å². The molecule has 2 unspecified atom stereocenters. The summed E-state index contributed by atoms with van der Waals surface area (Å²) in [6.45, 7) is 2.24. The van der Waals surface area contributed by atoms with Crippen LogP contribution in [0.1, 0.15) is 13.3 Å². The van der Waals surface area contributed by atoms with Crippen molar-refractivity contribution in [2.75, 3.05) is 24.7 Å². The van der Waals surface area contributed by atoms with Crippen LogP contribution in [0, 0.1) is 0 Å². The Kier molecular flexibility index (Phi) is 8.79. The van der Waals surface area contributed by atoms with Gasteiger partial charge in [0.2, 0.25) is 0 Å². The van der Waals surface area contributed by atoms with Crippen molar-refractivity contribution in [1.82, 2.24) is 5.32 Å². The lowest BCUT2D eigenvalue weighted by Gasteiger charge is -2.13. The Balaban J connectivity index is 3.58. The topological polar surface area (TPSA) is 89.8 Å². The first-order valence-corrected chi connectivity index (χ1v) is 6.10. The number of carbonyl (C=O) groups is 1. The van der Waals surface area contributed by atoms with Crippen LogP contribution in [0.2, 0.25) is 0 Å². The molecule has 0 radical (unpaired) electrons. The molecule has 0 aromatic carbocycles. The van der Waals surface area contributed by atoms with Gasteiger partial charge in [-0.1, -0.05) is 6.92 Å². The van der Waals surface area contributed by atoms with E-state index in [1.54, 1.807) is 0 Å². The van der Waals surface area contributed by atoms with Crippen LogP contribution in [-0.2, 0) is 4.79 Å². The molecule has 0 aromatic rings. The van der Waals surface area contributed by atoms with Crippen LogP contribution in [0.25, 0.3) is 0 Å². The second-order valence-electron chi connectivity index (χ2n) is 3.15. The molecule has 15 heavy (non-hydrogen) atoms. The molecule has 90 valence electrons. The van der Waals surface area contributed by atoms with Gasteiger partial charge in [-0.3, -0.25) is 4.79 Å². The molecular formula is C9H19NO4S. The number of thioether (sulfide) groups is 1. The minimum absolute atomic E-state index is 0.247. The van der Waals surface area contributed by atoms with Crippen molar-refractivity contribution in [3.63, 3.8) is 0 Å². The van der Waals surface area contributed by atoms with Gasteiger partial charge in [-0.2, -0.15) is 11.8 Å². The Morgan fingerprint density at radius 3 is 2.67 bits per heavy atom. The highest BCUT2D eigenvalue weighted by atomic mass is 32.2. The predicted octanol–water partition coefficient (Wildman–Crippen LogP) is -0.474. The third-order valence-corrected chi connectivity index (χ3v) is 2.97. The molecule has 0 saturated heterocycles. The summed E-state index contributed by atoms with van der Waals surface area (Å²) in [5.41, 5.74) is 0. The van der Waals surface area contributed by atoms with Crippen molar-refractivity contribution < 1.29 is 20.1 Å². The van der Waals surface area contributed by atoms with Crippen molar-refractivity contribution in [3.05, 3.63) is 0 Å². The van der Waals surface area contributed by atoms with Gasteiger partial charge in [0.1, 0.15) is 6.04 Å². The number of rotatable bonds is 9. The first kappa shape index (κ1) is 14.7. The Morgan fingerprint density at radius 1 is 1.53 bits per heavy atom. The summed E-state index contributed by atoms with van der Waals surface area (Å²) < 4.78 is 0. The Morgan fingerprint density at radius 2 is 2.20 bits per heavy atom. The van der Waals surface area contributed by atoms with Gasteiger partial charge < -0.3 is 20.6 Å². The normalized spacial score (nSPS) is 14.9. The first-order valence-electron chi connectivity index (χ1n) is 4.94. The fourth-order valence-electron chi connectivity index (χ4n) is 1.03. The van der Waals surface area contributed by atoms with Crippen LogP contribution < -0.4 is 5.32 Å². The number of nitrogens with one attached hydrogen (secondary N) is 1. The third kappa shape index (κ3) is 7.61. The number of likely N-dealkylation sites (N-methyl/N-ethyl adjacent to an activating group) is 1. The van der Waals surface area contributed by atoms with Gasteiger partial charge in [-0.25, -0.2) is 0 Å². The van der Waals surface area contributed by atoms with Crippen LogP contribution in [0.5, 0.6) is 0 Å². The van der Waals surface area contributed by atoms with Gasteiger partial charge in [0, 0.05) is 5.75 Å².